The number of hydrogen-bond acceptors (Lipinski definition) is 3. The molecule has 1 fully saturated rings. The number of rotatable bonds is 6. The van der Waals surface area contributed by atoms with Gasteiger partial charge in [0.15, 0.2) is 0 Å². The lowest BCUT2D eigenvalue weighted by molar-refractivity contribution is -0.124. The van der Waals surface area contributed by atoms with Crippen LogP contribution in [0.3, 0.4) is 0 Å². The summed E-state index contributed by atoms with van der Waals surface area (Å²) in [5.74, 6) is 0.337. The number of nitrogens with two attached hydrogens (primary N) is 1. The fraction of sp³-hybridized carbons (Fsp3) is 0.909. The molecule has 1 rings (SSSR count). The summed E-state index contributed by atoms with van der Waals surface area (Å²) in [6.07, 6.45) is 1.61. The first kappa shape index (κ1) is 12.5. The topological polar surface area (TPSA) is 64.3 Å². The molecule has 1 unspecified atom stereocenters. The van der Waals surface area contributed by atoms with E-state index in [9.17, 15) is 4.79 Å². The Labute approximate surface area is 91.5 Å². The van der Waals surface area contributed by atoms with Gasteiger partial charge in [-0.05, 0) is 25.7 Å². The SMILES string of the molecule is CCOCC(NC(=O)C1(N)CC1)C(C)C. The van der Waals surface area contributed by atoms with Gasteiger partial charge in [0.25, 0.3) is 0 Å². The molecule has 1 aliphatic rings. The van der Waals surface area contributed by atoms with Gasteiger partial charge in [0.05, 0.1) is 18.2 Å². The van der Waals surface area contributed by atoms with Crippen LogP contribution in [0.1, 0.15) is 33.6 Å². The molecule has 4 nitrogen and oxygen atoms in total. The monoisotopic (exact) mass is 214 g/mol. The number of nitrogens with one attached hydrogen (secondary N) is 1. The first-order chi connectivity index (χ1) is 6.99. The van der Waals surface area contributed by atoms with Crippen molar-refractivity contribution in [3.05, 3.63) is 0 Å². The van der Waals surface area contributed by atoms with Crippen LogP contribution < -0.4 is 11.1 Å². The summed E-state index contributed by atoms with van der Waals surface area (Å²) in [4.78, 5) is 11.7. The van der Waals surface area contributed by atoms with Crippen LogP contribution in [0.4, 0.5) is 0 Å². The van der Waals surface area contributed by atoms with E-state index in [0.717, 1.165) is 12.8 Å². The standard InChI is InChI=1S/C11H22N2O2/c1-4-15-7-9(8(2)3)13-10(14)11(12)5-6-11/h8-9H,4-7,12H2,1-3H3,(H,13,14). The predicted molar refractivity (Wildman–Crippen MR) is 59.4 cm³/mol. The highest BCUT2D eigenvalue weighted by atomic mass is 16.5. The van der Waals surface area contributed by atoms with E-state index in [-0.39, 0.29) is 11.9 Å². The van der Waals surface area contributed by atoms with Gasteiger partial charge in [0.2, 0.25) is 5.91 Å². The molecule has 0 aromatic heterocycles. The molecule has 1 saturated carbocycles. The molecule has 0 heterocycles. The van der Waals surface area contributed by atoms with E-state index in [0.29, 0.717) is 19.1 Å². The highest BCUT2D eigenvalue weighted by Crippen LogP contribution is 2.32. The quantitative estimate of drug-likeness (QED) is 0.682. The largest absolute Gasteiger partial charge is 0.380 e. The third-order valence-corrected chi connectivity index (χ3v) is 2.86. The van der Waals surface area contributed by atoms with Gasteiger partial charge in [-0.25, -0.2) is 0 Å². The van der Waals surface area contributed by atoms with E-state index in [1.54, 1.807) is 0 Å². The Morgan fingerprint density at radius 3 is 2.53 bits per heavy atom. The molecule has 0 aliphatic heterocycles. The third kappa shape index (κ3) is 3.47. The fourth-order valence-corrected chi connectivity index (χ4v) is 1.32. The maximum Gasteiger partial charge on any atom is 0.240 e. The third-order valence-electron chi connectivity index (χ3n) is 2.86. The Balaban J connectivity index is 2.40. The number of carbonyl (C=O) groups excluding carboxylic acids is 1. The molecular formula is C11H22N2O2. The maximum absolute atomic E-state index is 11.7. The maximum atomic E-state index is 11.7. The molecule has 1 atom stereocenters. The van der Waals surface area contributed by atoms with Crippen LogP contribution in [-0.2, 0) is 9.53 Å². The van der Waals surface area contributed by atoms with Crippen molar-refractivity contribution in [1.82, 2.24) is 5.32 Å². The van der Waals surface area contributed by atoms with Crippen LogP contribution in [0.15, 0.2) is 0 Å². The highest BCUT2D eigenvalue weighted by Gasteiger charge is 2.46. The van der Waals surface area contributed by atoms with Crippen LogP contribution in [-0.4, -0.2) is 30.7 Å². The van der Waals surface area contributed by atoms with Crippen molar-refractivity contribution in [2.24, 2.45) is 11.7 Å². The zero-order valence-corrected chi connectivity index (χ0v) is 9.88. The molecule has 0 saturated heterocycles. The second kappa shape index (κ2) is 4.94. The van der Waals surface area contributed by atoms with Crippen molar-refractivity contribution in [2.45, 2.75) is 45.2 Å². The van der Waals surface area contributed by atoms with E-state index in [2.05, 4.69) is 19.2 Å². The fourth-order valence-electron chi connectivity index (χ4n) is 1.32. The highest BCUT2D eigenvalue weighted by molar-refractivity contribution is 5.89. The minimum atomic E-state index is -0.584. The molecule has 0 spiro atoms. The molecule has 1 aliphatic carbocycles. The van der Waals surface area contributed by atoms with Gasteiger partial charge < -0.3 is 15.8 Å². The lowest BCUT2D eigenvalue weighted by atomic mass is 10.0. The van der Waals surface area contributed by atoms with Crippen LogP contribution in [0.2, 0.25) is 0 Å². The molecular weight excluding hydrogens is 192 g/mol. The zero-order valence-electron chi connectivity index (χ0n) is 9.88. The summed E-state index contributed by atoms with van der Waals surface area (Å²) in [5.41, 5.74) is 5.23. The molecule has 3 N–H and O–H groups in total. The van der Waals surface area contributed by atoms with E-state index in [1.165, 1.54) is 0 Å². The number of amides is 1. The first-order valence-electron chi connectivity index (χ1n) is 5.67. The number of carbonyl (C=O) groups is 1. The summed E-state index contributed by atoms with van der Waals surface area (Å²) in [7, 11) is 0. The summed E-state index contributed by atoms with van der Waals surface area (Å²) < 4.78 is 5.34. The van der Waals surface area contributed by atoms with Crippen molar-refractivity contribution in [2.75, 3.05) is 13.2 Å². The molecule has 4 heteroatoms. The molecule has 0 aromatic rings. The molecule has 88 valence electrons. The Morgan fingerprint density at radius 2 is 2.13 bits per heavy atom. The average molecular weight is 214 g/mol. The van der Waals surface area contributed by atoms with Crippen LogP contribution in [0.5, 0.6) is 0 Å². The van der Waals surface area contributed by atoms with Crippen molar-refractivity contribution >= 4 is 5.91 Å². The van der Waals surface area contributed by atoms with Crippen molar-refractivity contribution < 1.29 is 9.53 Å². The lowest BCUT2D eigenvalue weighted by Gasteiger charge is -2.23. The molecule has 1 amide bonds. The Kier molecular flexibility index (Phi) is 4.11. The summed E-state index contributed by atoms with van der Waals surface area (Å²) in [6.45, 7) is 7.33. The second-order valence-electron chi connectivity index (χ2n) is 4.64. The Hall–Kier alpha value is -0.610. The minimum Gasteiger partial charge on any atom is -0.380 e. The van der Waals surface area contributed by atoms with E-state index in [1.807, 2.05) is 6.92 Å². The smallest absolute Gasteiger partial charge is 0.240 e. The van der Waals surface area contributed by atoms with Gasteiger partial charge in [0, 0.05) is 6.61 Å². The first-order valence-corrected chi connectivity index (χ1v) is 5.67. The van der Waals surface area contributed by atoms with Gasteiger partial charge in [-0.3, -0.25) is 4.79 Å². The van der Waals surface area contributed by atoms with Crippen molar-refractivity contribution in [3.63, 3.8) is 0 Å². The Morgan fingerprint density at radius 1 is 1.53 bits per heavy atom. The van der Waals surface area contributed by atoms with E-state index >= 15 is 0 Å². The molecule has 0 bridgehead atoms. The summed E-state index contributed by atoms with van der Waals surface area (Å²) >= 11 is 0. The van der Waals surface area contributed by atoms with Gasteiger partial charge in [0.1, 0.15) is 0 Å². The van der Waals surface area contributed by atoms with Crippen LogP contribution in [0.25, 0.3) is 0 Å². The van der Waals surface area contributed by atoms with Crippen LogP contribution >= 0.6 is 0 Å². The van der Waals surface area contributed by atoms with E-state index in [4.69, 9.17) is 10.5 Å². The van der Waals surface area contributed by atoms with Crippen molar-refractivity contribution in [1.29, 1.82) is 0 Å². The number of hydrogen-bond donors (Lipinski definition) is 2. The zero-order chi connectivity index (χ0) is 11.5. The van der Waals surface area contributed by atoms with Crippen molar-refractivity contribution in [3.8, 4) is 0 Å². The minimum absolute atomic E-state index is 0.0269. The molecule has 15 heavy (non-hydrogen) atoms. The summed E-state index contributed by atoms with van der Waals surface area (Å²) in [6, 6.07) is 0.0680. The van der Waals surface area contributed by atoms with E-state index < -0.39 is 5.54 Å². The molecule has 0 radical (unpaired) electrons. The van der Waals surface area contributed by atoms with Gasteiger partial charge in [-0.1, -0.05) is 13.8 Å². The van der Waals surface area contributed by atoms with Gasteiger partial charge >= 0.3 is 0 Å². The second-order valence-corrected chi connectivity index (χ2v) is 4.64. The van der Waals surface area contributed by atoms with Gasteiger partial charge in [-0.15, -0.1) is 0 Å². The number of ether oxygens (including phenoxy) is 1. The summed E-state index contributed by atoms with van der Waals surface area (Å²) in [5, 5.41) is 2.96. The predicted octanol–water partition coefficient (Wildman–Crippen LogP) is 0.655. The lowest BCUT2D eigenvalue weighted by Crippen LogP contribution is -2.50. The molecule has 0 aromatic carbocycles. The Bertz CT molecular complexity index is 225. The van der Waals surface area contributed by atoms with Gasteiger partial charge in [-0.2, -0.15) is 0 Å². The average Bonchev–Trinajstić information content (AvgIpc) is 2.91. The normalized spacial score (nSPS) is 20.1. The van der Waals surface area contributed by atoms with Crippen LogP contribution in [0, 0.1) is 5.92 Å².